The molecule has 0 unspecified atom stereocenters. The molecule has 1 aliphatic rings. The lowest BCUT2D eigenvalue weighted by atomic mass is 10.1. The van der Waals surface area contributed by atoms with Gasteiger partial charge >= 0.3 is 0 Å². The van der Waals surface area contributed by atoms with Crippen molar-refractivity contribution in [3.8, 4) is 0 Å². The summed E-state index contributed by atoms with van der Waals surface area (Å²) in [4.78, 5) is 25.4. The van der Waals surface area contributed by atoms with Crippen LogP contribution in [0.1, 0.15) is 31.1 Å². The highest BCUT2D eigenvalue weighted by Gasteiger charge is 2.35. The minimum atomic E-state index is -0.441. The summed E-state index contributed by atoms with van der Waals surface area (Å²) in [6.45, 7) is 7.34. The van der Waals surface area contributed by atoms with Crippen molar-refractivity contribution < 1.29 is 9.59 Å². The number of rotatable bonds is 3. The Hall–Kier alpha value is -1.20. The van der Waals surface area contributed by atoms with E-state index in [9.17, 15) is 9.59 Å². The Morgan fingerprint density at radius 1 is 1.26 bits per heavy atom. The van der Waals surface area contributed by atoms with Gasteiger partial charge in [0.1, 0.15) is 0 Å². The summed E-state index contributed by atoms with van der Waals surface area (Å²) in [5.74, 6) is -0.865. The van der Waals surface area contributed by atoms with Crippen LogP contribution in [0.3, 0.4) is 0 Å². The average Bonchev–Trinajstić information content (AvgIpc) is 2.53. The van der Waals surface area contributed by atoms with E-state index in [-0.39, 0.29) is 5.54 Å². The van der Waals surface area contributed by atoms with E-state index in [4.69, 9.17) is 0 Å². The van der Waals surface area contributed by atoms with Crippen molar-refractivity contribution in [2.75, 3.05) is 18.0 Å². The molecule has 0 saturated heterocycles. The number of hydrogen-bond acceptors (Lipinski definition) is 3. The largest absolute Gasteiger partial charge is 0.310 e. The van der Waals surface area contributed by atoms with Gasteiger partial charge in [-0.25, -0.2) is 0 Å². The van der Waals surface area contributed by atoms with Crippen LogP contribution in [-0.2, 0) is 4.79 Å². The van der Waals surface area contributed by atoms with Crippen LogP contribution in [0, 0.1) is 0 Å². The van der Waals surface area contributed by atoms with Crippen LogP contribution in [0.15, 0.2) is 22.7 Å². The highest BCUT2D eigenvalue weighted by atomic mass is 79.9. The molecule has 5 heteroatoms. The number of Topliss-reactive ketones (excluding diaryl/α,β-unsaturated/α-hetero) is 1. The molecule has 0 fully saturated rings. The van der Waals surface area contributed by atoms with E-state index in [1.165, 1.54) is 0 Å². The van der Waals surface area contributed by atoms with E-state index in [2.05, 4.69) is 42.0 Å². The van der Waals surface area contributed by atoms with Crippen LogP contribution >= 0.6 is 15.9 Å². The minimum absolute atomic E-state index is 0.00464. The van der Waals surface area contributed by atoms with Crippen molar-refractivity contribution in [2.24, 2.45) is 0 Å². The molecule has 0 aromatic heterocycles. The SMILES string of the molecule is CC(C)(C)NCCN1C(=O)C(=O)c2cc(Br)ccc21. The standard InChI is InChI=1S/C14H17BrN2O2/c1-14(2,3)16-6-7-17-11-5-4-9(15)8-10(11)12(18)13(17)19/h4-5,8,16H,6-7H2,1-3H3. The Bertz CT molecular complexity index is 535. The van der Waals surface area contributed by atoms with Crippen molar-refractivity contribution in [2.45, 2.75) is 26.3 Å². The van der Waals surface area contributed by atoms with Crippen LogP contribution < -0.4 is 10.2 Å². The van der Waals surface area contributed by atoms with Crippen LogP contribution in [0.25, 0.3) is 0 Å². The molecule has 1 N–H and O–H groups in total. The molecule has 0 atom stereocenters. The monoisotopic (exact) mass is 324 g/mol. The number of halogens is 1. The summed E-state index contributed by atoms with van der Waals surface area (Å²) in [6.07, 6.45) is 0. The second-order valence-electron chi connectivity index (χ2n) is 5.62. The van der Waals surface area contributed by atoms with Crippen LogP contribution in [0.4, 0.5) is 5.69 Å². The fourth-order valence-corrected chi connectivity index (χ4v) is 2.40. The van der Waals surface area contributed by atoms with Crippen molar-refractivity contribution >= 4 is 33.3 Å². The molecule has 1 heterocycles. The first kappa shape index (κ1) is 14.2. The van der Waals surface area contributed by atoms with Crippen molar-refractivity contribution in [3.63, 3.8) is 0 Å². The molecule has 0 bridgehead atoms. The quantitative estimate of drug-likeness (QED) is 0.868. The molecule has 0 saturated carbocycles. The maximum Gasteiger partial charge on any atom is 0.299 e. The third-order valence-electron chi connectivity index (χ3n) is 2.92. The zero-order chi connectivity index (χ0) is 14.2. The number of fused-ring (bicyclic) bond motifs is 1. The van der Waals surface area contributed by atoms with Gasteiger partial charge in [-0.2, -0.15) is 0 Å². The maximum absolute atomic E-state index is 12.0. The molecule has 0 aliphatic carbocycles. The van der Waals surface area contributed by atoms with Gasteiger partial charge in [0.2, 0.25) is 0 Å². The second kappa shape index (κ2) is 5.06. The van der Waals surface area contributed by atoms with E-state index >= 15 is 0 Å². The topological polar surface area (TPSA) is 49.4 Å². The molecule has 0 radical (unpaired) electrons. The highest BCUT2D eigenvalue weighted by Crippen LogP contribution is 2.30. The van der Waals surface area contributed by atoms with E-state index in [1.54, 1.807) is 17.0 Å². The lowest BCUT2D eigenvalue weighted by Gasteiger charge is -2.23. The van der Waals surface area contributed by atoms with Gasteiger partial charge in [0.05, 0.1) is 11.3 Å². The van der Waals surface area contributed by atoms with Crippen molar-refractivity contribution in [3.05, 3.63) is 28.2 Å². The van der Waals surface area contributed by atoms with Crippen LogP contribution in [-0.4, -0.2) is 30.3 Å². The first-order valence-corrected chi connectivity index (χ1v) is 7.00. The number of anilines is 1. The number of carbonyl (C=O) groups is 2. The number of nitrogens with zero attached hydrogens (tertiary/aromatic N) is 1. The first-order valence-electron chi connectivity index (χ1n) is 6.20. The zero-order valence-corrected chi connectivity index (χ0v) is 12.9. The molecule has 1 aromatic carbocycles. The summed E-state index contributed by atoms with van der Waals surface area (Å²) in [7, 11) is 0. The van der Waals surface area contributed by atoms with Gasteiger partial charge in [-0.1, -0.05) is 15.9 Å². The Morgan fingerprint density at radius 2 is 1.95 bits per heavy atom. The molecular formula is C14H17BrN2O2. The number of amides is 1. The fourth-order valence-electron chi connectivity index (χ4n) is 2.04. The number of benzene rings is 1. The lowest BCUT2D eigenvalue weighted by molar-refractivity contribution is -0.114. The summed E-state index contributed by atoms with van der Waals surface area (Å²) < 4.78 is 0.807. The van der Waals surface area contributed by atoms with Crippen molar-refractivity contribution in [1.29, 1.82) is 0 Å². The molecule has 1 aliphatic heterocycles. The maximum atomic E-state index is 12.0. The summed E-state index contributed by atoms with van der Waals surface area (Å²) in [5.41, 5.74) is 1.18. The summed E-state index contributed by atoms with van der Waals surface area (Å²) in [5, 5.41) is 3.31. The molecule has 4 nitrogen and oxygen atoms in total. The first-order chi connectivity index (χ1) is 8.79. The molecule has 102 valence electrons. The minimum Gasteiger partial charge on any atom is -0.310 e. The smallest absolute Gasteiger partial charge is 0.299 e. The summed E-state index contributed by atoms with van der Waals surface area (Å²) in [6, 6.07) is 5.35. The van der Waals surface area contributed by atoms with Gasteiger partial charge in [0.25, 0.3) is 11.7 Å². The molecule has 1 aromatic rings. The normalized spacial score (nSPS) is 15.1. The van der Waals surface area contributed by atoms with E-state index in [1.807, 2.05) is 6.07 Å². The van der Waals surface area contributed by atoms with Gasteiger partial charge in [-0.3, -0.25) is 9.59 Å². The zero-order valence-electron chi connectivity index (χ0n) is 11.3. The lowest BCUT2D eigenvalue weighted by Crippen LogP contribution is -2.42. The molecule has 19 heavy (non-hydrogen) atoms. The summed E-state index contributed by atoms with van der Waals surface area (Å²) >= 11 is 3.32. The number of ketones is 1. The Labute approximate surface area is 121 Å². The van der Waals surface area contributed by atoms with E-state index < -0.39 is 11.7 Å². The van der Waals surface area contributed by atoms with Crippen molar-refractivity contribution in [1.82, 2.24) is 5.32 Å². The Kier molecular flexibility index (Phi) is 3.78. The fraction of sp³-hybridized carbons (Fsp3) is 0.429. The predicted octanol–water partition coefficient (Wildman–Crippen LogP) is 2.37. The predicted molar refractivity (Wildman–Crippen MR) is 78.6 cm³/mol. The highest BCUT2D eigenvalue weighted by molar-refractivity contribution is 9.10. The third-order valence-corrected chi connectivity index (χ3v) is 3.42. The van der Waals surface area contributed by atoms with Gasteiger partial charge in [-0.05, 0) is 39.0 Å². The van der Waals surface area contributed by atoms with E-state index in [0.717, 1.165) is 4.47 Å². The van der Waals surface area contributed by atoms with Gasteiger partial charge < -0.3 is 10.2 Å². The van der Waals surface area contributed by atoms with Gasteiger partial charge in [0.15, 0.2) is 0 Å². The number of carbonyl (C=O) groups excluding carboxylic acids is 2. The van der Waals surface area contributed by atoms with Gasteiger partial charge in [-0.15, -0.1) is 0 Å². The molecular weight excluding hydrogens is 308 g/mol. The Morgan fingerprint density at radius 3 is 2.58 bits per heavy atom. The molecule has 0 spiro atoms. The third kappa shape index (κ3) is 3.04. The van der Waals surface area contributed by atoms with Crippen LogP contribution in [0.2, 0.25) is 0 Å². The van der Waals surface area contributed by atoms with Gasteiger partial charge in [0, 0.05) is 23.1 Å². The van der Waals surface area contributed by atoms with Crippen LogP contribution in [0.5, 0.6) is 0 Å². The second-order valence-corrected chi connectivity index (χ2v) is 6.54. The van der Waals surface area contributed by atoms with E-state index in [0.29, 0.717) is 24.3 Å². The Balaban J connectivity index is 2.15. The number of nitrogens with one attached hydrogen (secondary N) is 1. The molecule has 1 amide bonds. The average molecular weight is 325 g/mol. The molecule has 2 rings (SSSR count). The number of hydrogen-bond donors (Lipinski definition) is 1.